The van der Waals surface area contributed by atoms with Crippen molar-refractivity contribution in [2.24, 2.45) is 0 Å². The summed E-state index contributed by atoms with van der Waals surface area (Å²) in [6.45, 7) is 5.26. The maximum atomic E-state index is 11.2. The molecule has 1 atom stereocenters. The molecule has 2 rings (SSSR count). The van der Waals surface area contributed by atoms with Crippen molar-refractivity contribution in [3.63, 3.8) is 0 Å². The Hall–Kier alpha value is -1.26. The molecule has 1 aliphatic rings. The number of carboxylic acid groups (broad SMARTS) is 1. The molecule has 0 aliphatic carbocycles. The summed E-state index contributed by atoms with van der Waals surface area (Å²) in [6.07, 6.45) is 3.82. The van der Waals surface area contributed by atoms with E-state index in [0.717, 1.165) is 19.6 Å². The van der Waals surface area contributed by atoms with Crippen LogP contribution in [0.2, 0.25) is 5.02 Å². The number of likely N-dealkylation sites (tertiary alicyclic amines) is 1. The third kappa shape index (κ3) is 4.12. The van der Waals surface area contributed by atoms with Crippen LogP contribution in [-0.4, -0.2) is 41.7 Å². The average Bonchev–Trinajstić information content (AvgIpc) is 2.39. The van der Waals surface area contributed by atoms with Crippen LogP contribution in [0.4, 0.5) is 5.69 Å². The quantitative estimate of drug-likeness (QED) is 0.875. The Morgan fingerprint density at radius 2 is 2.10 bits per heavy atom. The fourth-order valence-electron chi connectivity index (χ4n) is 2.66. The van der Waals surface area contributed by atoms with Gasteiger partial charge in [0.05, 0.1) is 11.3 Å². The first-order valence-corrected chi connectivity index (χ1v) is 7.46. The molecule has 0 aromatic heterocycles. The van der Waals surface area contributed by atoms with Gasteiger partial charge in [-0.05, 0) is 51.1 Å². The molecule has 1 fully saturated rings. The minimum atomic E-state index is -0.936. The highest BCUT2D eigenvalue weighted by atomic mass is 35.5. The van der Waals surface area contributed by atoms with Crippen LogP contribution in [-0.2, 0) is 0 Å². The zero-order chi connectivity index (χ0) is 14.5. The molecule has 1 saturated heterocycles. The summed E-state index contributed by atoms with van der Waals surface area (Å²) >= 11 is 5.95. The monoisotopic (exact) mass is 296 g/mol. The molecule has 1 unspecified atom stereocenters. The number of piperidine rings is 1. The second kappa shape index (κ2) is 6.95. The Bertz CT molecular complexity index is 473. The second-order valence-corrected chi connectivity index (χ2v) is 5.84. The Morgan fingerprint density at radius 3 is 2.75 bits per heavy atom. The zero-order valence-corrected chi connectivity index (χ0v) is 12.5. The number of carboxylic acids is 1. The van der Waals surface area contributed by atoms with Crippen LogP contribution in [0, 0.1) is 0 Å². The van der Waals surface area contributed by atoms with E-state index >= 15 is 0 Å². The summed E-state index contributed by atoms with van der Waals surface area (Å²) in [4.78, 5) is 13.6. The minimum absolute atomic E-state index is 0.185. The molecule has 0 saturated carbocycles. The first-order valence-electron chi connectivity index (χ1n) is 7.08. The van der Waals surface area contributed by atoms with Crippen LogP contribution in [0.15, 0.2) is 18.2 Å². The van der Waals surface area contributed by atoms with Gasteiger partial charge in [0.15, 0.2) is 0 Å². The summed E-state index contributed by atoms with van der Waals surface area (Å²) in [7, 11) is 0. The fraction of sp³-hybridized carbons (Fsp3) is 0.533. The molecule has 4 nitrogen and oxygen atoms in total. The van der Waals surface area contributed by atoms with E-state index in [0.29, 0.717) is 10.7 Å². The molecule has 0 spiro atoms. The normalized spacial score (nSPS) is 17.7. The van der Waals surface area contributed by atoms with Crippen molar-refractivity contribution in [1.29, 1.82) is 0 Å². The molecule has 1 aromatic carbocycles. The predicted molar refractivity (Wildman–Crippen MR) is 81.8 cm³/mol. The molecule has 0 amide bonds. The topological polar surface area (TPSA) is 52.6 Å². The molecule has 1 aromatic rings. The van der Waals surface area contributed by atoms with Crippen molar-refractivity contribution < 1.29 is 9.90 Å². The minimum Gasteiger partial charge on any atom is -0.478 e. The van der Waals surface area contributed by atoms with Crippen molar-refractivity contribution in [3.05, 3.63) is 28.8 Å². The van der Waals surface area contributed by atoms with Gasteiger partial charge in [0.2, 0.25) is 0 Å². The Labute approximate surface area is 124 Å². The summed E-state index contributed by atoms with van der Waals surface area (Å²) in [5.74, 6) is -0.936. The Balaban J connectivity index is 2.00. The van der Waals surface area contributed by atoms with Crippen LogP contribution in [0.3, 0.4) is 0 Å². The number of anilines is 1. The van der Waals surface area contributed by atoms with Gasteiger partial charge in [0, 0.05) is 17.6 Å². The lowest BCUT2D eigenvalue weighted by Crippen LogP contribution is -2.38. The van der Waals surface area contributed by atoms with E-state index in [1.807, 2.05) is 0 Å². The highest BCUT2D eigenvalue weighted by Gasteiger charge is 2.16. The number of nitrogens with zero attached hydrogens (tertiary/aromatic N) is 1. The Kier molecular flexibility index (Phi) is 5.26. The van der Waals surface area contributed by atoms with Gasteiger partial charge in [-0.3, -0.25) is 0 Å². The highest BCUT2D eigenvalue weighted by molar-refractivity contribution is 6.31. The fourth-order valence-corrected chi connectivity index (χ4v) is 2.83. The van der Waals surface area contributed by atoms with Gasteiger partial charge < -0.3 is 15.3 Å². The molecule has 1 aliphatic heterocycles. The number of hydrogen-bond acceptors (Lipinski definition) is 3. The van der Waals surface area contributed by atoms with Crippen LogP contribution in [0.1, 0.15) is 36.5 Å². The average molecular weight is 297 g/mol. The van der Waals surface area contributed by atoms with Gasteiger partial charge in [-0.15, -0.1) is 0 Å². The number of carbonyl (C=O) groups is 1. The van der Waals surface area contributed by atoms with Crippen LogP contribution in [0.25, 0.3) is 0 Å². The molecular weight excluding hydrogens is 276 g/mol. The van der Waals surface area contributed by atoms with Crippen LogP contribution in [0.5, 0.6) is 0 Å². The van der Waals surface area contributed by atoms with Crippen molar-refractivity contribution >= 4 is 23.3 Å². The van der Waals surface area contributed by atoms with E-state index in [-0.39, 0.29) is 11.6 Å². The standard InChI is InChI=1S/C15H21ClN2O2/c1-11(10-18-7-3-2-4-8-18)17-14-9-12(16)5-6-13(14)15(19)20/h5-6,9,11,17H,2-4,7-8,10H2,1H3,(H,19,20). The summed E-state index contributed by atoms with van der Waals surface area (Å²) in [5.41, 5.74) is 0.856. The molecular formula is C15H21ClN2O2. The third-order valence-electron chi connectivity index (χ3n) is 3.59. The lowest BCUT2D eigenvalue weighted by molar-refractivity contribution is 0.0698. The lowest BCUT2D eigenvalue weighted by atomic mass is 10.1. The van der Waals surface area contributed by atoms with E-state index in [1.165, 1.54) is 19.3 Å². The number of rotatable bonds is 5. The van der Waals surface area contributed by atoms with Crippen molar-refractivity contribution in [2.45, 2.75) is 32.2 Å². The SMILES string of the molecule is CC(CN1CCCCC1)Nc1cc(Cl)ccc1C(=O)O. The lowest BCUT2D eigenvalue weighted by Gasteiger charge is -2.30. The number of nitrogens with one attached hydrogen (secondary N) is 1. The molecule has 1 heterocycles. The maximum absolute atomic E-state index is 11.2. The zero-order valence-electron chi connectivity index (χ0n) is 11.7. The molecule has 20 heavy (non-hydrogen) atoms. The molecule has 2 N–H and O–H groups in total. The third-order valence-corrected chi connectivity index (χ3v) is 3.83. The van der Waals surface area contributed by atoms with Gasteiger partial charge in [-0.25, -0.2) is 4.79 Å². The van der Waals surface area contributed by atoms with E-state index in [9.17, 15) is 9.90 Å². The molecule has 0 radical (unpaired) electrons. The first-order chi connectivity index (χ1) is 9.56. The van der Waals surface area contributed by atoms with Gasteiger partial charge in [0.1, 0.15) is 0 Å². The van der Waals surface area contributed by atoms with Gasteiger partial charge in [-0.1, -0.05) is 18.0 Å². The first kappa shape index (κ1) is 15.1. The van der Waals surface area contributed by atoms with Gasteiger partial charge >= 0.3 is 5.97 Å². The molecule has 5 heteroatoms. The Morgan fingerprint density at radius 1 is 1.40 bits per heavy atom. The van der Waals surface area contributed by atoms with Gasteiger partial charge in [0.25, 0.3) is 0 Å². The van der Waals surface area contributed by atoms with E-state index in [1.54, 1.807) is 18.2 Å². The van der Waals surface area contributed by atoms with E-state index in [4.69, 9.17) is 11.6 Å². The van der Waals surface area contributed by atoms with Crippen molar-refractivity contribution in [1.82, 2.24) is 4.90 Å². The predicted octanol–water partition coefficient (Wildman–Crippen LogP) is 3.32. The van der Waals surface area contributed by atoms with Crippen LogP contribution < -0.4 is 5.32 Å². The summed E-state index contributed by atoms with van der Waals surface area (Å²) < 4.78 is 0. The maximum Gasteiger partial charge on any atom is 0.337 e. The molecule has 0 bridgehead atoms. The highest BCUT2D eigenvalue weighted by Crippen LogP contribution is 2.22. The van der Waals surface area contributed by atoms with E-state index < -0.39 is 5.97 Å². The van der Waals surface area contributed by atoms with Crippen molar-refractivity contribution in [3.8, 4) is 0 Å². The second-order valence-electron chi connectivity index (χ2n) is 5.40. The molecule has 110 valence electrons. The van der Waals surface area contributed by atoms with Crippen LogP contribution >= 0.6 is 11.6 Å². The van der Waals surface area contributed by atoms with Crippen molar-refractivity contribution in [2.75, 3.05) is 25.0 Å². The number of aromatic carboxylic acids is 1. The smallest absolute Gasteiger partial charge is 0.337 e. The summed E-state index contributed by atoms with van der Waals surface area (Å²) in [5, 5.41) is 13.0. The number of hydrogen-bond donors (Lipinski definition) is 2. The van der Waals surface area contributed by atoms with E-state index in [2.05, 4.69) is 17.1 Å². The number of benzene rings is 1. The van der Waals surface area contributed by atoms with Gasteiger partial charge in [-0.2, -0.15) is 0 Å². The number of halogens is 1. The summed E-state index contributed by atoms with van der Waals surface area (Å²) in [6, 6.07) is 5.01. The largest absolute Gasteiger partial charge is 0.478 e.